The van der Waals surface area contributed by atoms with Gasteiger partial charge < -0.3 is 9.47 Å². The first-order chi connectivity index (χ1) is 17.1. The van der Waals surface area contributed by atoms with Crippen molar-refractivity contribution in [2.75, 3.05) is 6.61 Å². The first kappa shape index (κ1) is 23.5. The second-order valence-electron chi connectivity index (χ2n) is 7.61. The molecule has 0 spiro atoms. The molecule has 0 fully saturated rings. The van der Waals surface area contributed by atoms with E-state index in [0.29, 0.717) is 30.3 Å². The van der Waals surface area contributed by atoms with Gasteiger partial charge in [-0.3, -0.25) is 4.79 Å². The van der Waals surface area contributed by atoms with Gasteiger partial charge in [0.1, 0.15) is 12.4 Å². The molecule has 1 amide bonds. The minimum Gasteiger partial charge on any atom is -0.490 e. The Balaban J connectivity index is 1.43. The maximum atomic E-state index is 14.0. The van der Waals surface area contributed by atoms with Gasteiger partial charge in [-0.15, -0.1) is 0 Å². The highest BCUT2D eigenvalue weighted by molar-refractivity contribution is 5.95. The molecule has 4 aromatic carbocycles. The maximum absolute atomic E-state index is 14.0. The molecule has 1 N–H and O–H groups in total. The maximum Gasteiger partial charge on any atom is 0.274 e. The number of nitriles is 1. The average molecular weight is 468 g/mol. The van der Waals surface area contributed by atoms with E-state index in [-0.39, 0.29) is 11.1 Å². The van der Waals surface area contributed by atoms with Crippen LogP contribution in [0.4, 0.5) is 4.39 Å². The summed E-state index contributed by atoms with van der Waals surface area (Å²) in [4.78, 5) is 12.2. The molecule has 0 heterocycles. The van der Waals surface area contributed by atoms with Crippen molar-refractivity contribution in [1.29, 1.82) is 5.26 Å². The average Bonchev–Trinajstić information content (AvgIpc) is 2.88. The number of rotatable bonds is 8. The molecule has 6 nitrogen and oxygen atoms in total. The largest absolute Gasteiger partial charge is 0.490 e. The molecule has 4 rings (SSSR count). The molecule has 0 aliphatic rings. The van der Waals surface area contributed by atoms with Crippen LogP contribution in [0.15, 0.2) is 84.0 Å². The molecule has 0 saturated carbocycles. The number of amides is 1. The molecule has 0 aliphatic carbocycles. The van der Waals surface area contributed by atoms with E-state index in [4.69, 9.17) is 14.7 Å². The van der Waals surface area contributed by atoms with Crippen LogP contribution in [-0.4, -0.2) is 18.7 Å². The van der Waals surface area contributed by atoms with Crippen molar-refractivity contribution in [3.63, 3.8) is 0 Å². The van der Waals surface area contributed by atoms with Gasteiger partial charge in [0.05, 0.1) is 30.0 Å². The molecule has 35 heavy (non-hydrogen) atoms. The van der Waals surface area contributed by atoms with E-state index < -0.39 is 11.7 Å². The lowest BCUT2D eigenvalue weighted by molar-refractivity contribution is 0.0951. The molecule has 0 bridgehead atoms. The zero-order valence-corrected chi connectivity index (χ0v) is 19.0. The standard InChI is InChI=1S/C28H22FN3O3/c1-2-34-27-15-20(17-31-32-28(33)24-11-8-19(16-30)14-25(24)29)9-12-26(27)35-18-21-7-10-22-5-3-4-6-23(22)13-21/h3-15,17H,2,18H2,1H3,(H,32,33)/b31-17-. The van der Waals surface area contributed by atoms with Crippen molar-refractivity contribution in [3.8, 4) is 17.6 Å². The van der Waals surface area contributed by atoms with Gasteiger partial charge in [-0.1, -0.05) is 36.4 Å². The second kappa shape index (κ2) is 10.9. The summed E-state index contributed by atoms with van der Waals surface area (Å²) in [6, 6.07) is 25.1. The number of hydrogen-bond acceptors (Lipinski definition) is 5. The van der Waals surface area contributed by atoms with Gasteiger partial charge >= 0.3 is 0 Å². The lowest BCUT2D eigenvalue weighted by Crippen LogP contribution is -2.19. The number of benzene rings is 4. The van der Waals surface area contributed by atoms with Crippen LogP contribution in [0.3, 0.4) is 0 Å². The van der Waals surface area contributed by atoms with E-state index >= 15 is 0 Å². The quantitative estimate of drug-likeness (QED) is 0.270. The molecule has 0 aromatic heterocycles. The summed E-state index contributed by atoms with van der Waals surface area (Å²) >= 11 is 0. The van der Waals surface area contributed by atoms with Crippen LogP contribution in [0, 0.1) is 17.1 Å². The molecule has 7 heteroatoms. The summed E-state index contributed by atoms with van der Waals surface area (Å²) in [6.07, 6.45) is 1.43. The van der Waals surface area contributed by atoms with Gasteiger partial charge in [0.25, 0.3) is 5.91 Å². The first-order valence-corrected chi connectivity index (χ1v) is 11.0. The van der Waals surface area contributed by atoms with Gasteiger partial charge in [-0.2, -0.15) is 10.4 Å². The molecule has 0 unspecified atom stereocenters. The van der Waals surface area contributed by atoms with E-state index in [2.05, 4.69) is 34.8 Å². The van der Waals surface area contributed by atoms with Gasteiger partial charge in [0.15, 0.2) is 11.5 Å². The van der Waals surface area contributed by atoms with Crippen LogP contribution < -0.4 is 14.9 Å². The minimum atomic E-state index is -0.789. The highest BCUT2D eigenvalue weighted by atomic mass is 19.1. The van der Waals surface area contributed by atoms with Gasteiger partial charge in [0, 0.05) is 0 Å². The molecule has 0 aliphatic heterocycles. The van der Waals surface area contributed by atoms with Crippen molar-refractivity contribution in [2.24, 2.45) is 5.10 Å². The third-order valence-corrected chi connectivity index (χ3v) is 5.20. The molecular formula is C28H22FN3O3. The number of halogens is 1. The summed E-state index contributed by atoms with van der Waals surface area (Å²) in [5.74, 6) is -0.380. The van der Waals surface area contributed by atoms with E-state index in [1.807, 2.05) is 31.2 Å². The monoisotopic (exact) mass is 467 g/mol. The zero-order chi connectivity index (χ0) is 24.6. The predicted molar refractivity (Wildman–Crippen MR) is 132 cm³/mol. The molecule has 4 aromatic rings. The van der Waals surface area contributed by atoms with Crippen LogP contribution in [0.5, 0.6) is 11.5 Å². The third-order valence-electron chi connectivity index (χ3n) is 5.20. The van der Waals surface area contributed by atoms with E-state index in [0.717, 1.165) is 17.0 Å². The number of nitrogens with zero attached hydrogens (tertiary/aromatic N) is 2. The van der Waals surface area contributed by atoms with Crippen molar-refractivity contribution in [2.45, 2.75) is 13.5 Å². The van der Waals surface area contributed by atoms with Crippen LogP contribution >= 0.6 is 0 Å². The van der Waals surface area contributed by atoms with E-state index in [1.54, 1.807) is 18.2 Å². The number of fused-ring (bicyclic) bond motifs is 1. The van der Waals surface area contributed by atoms with Crippen molar-refractivity contribution >= 4 is 22.9 Å². The summed E-state index contributed by atoms with van der Waals surface area (Å²) in [5, 5.41) is 15.0. The zero-order valence-electron chi connectivity index (χ0n) is 19.0. The van der Waals surface area contributed by atoms with Crippen LogP contribution in [0.2, 0.25) is 0 Å². The number of carbonyl (C=O) groups excluding carboxylic acids is 1. The number of hydrogen-bond donors (Lipinski definition) is 1. The summed E-state index contributed by atoms with van der Waals surface area (Å²) in [6.45, 7) is 2.70. The molecule has 174 valence electrons. The Bertz CT molecular complexity index is 1440. The summed E-state index contributed by atoms with van der Waals surface area (Å²) in [7, 11) is 0. The van der Waals surface area contributed by atoms with Gasteiger partial charge in [-0.25, -0.2) is 9.82 Å². The highest BCUT2D eigenvalue weighted by Crippen LogP contribution is 2.29. The fraction of sp³-hybridized carbons (Fsp3) is 0.107. The Kier molecular flexibility index (Phi) is 7.34. The molecule has 0 saturated heterocycles. The number of ether oxygens (including phenoxy) is 2. The third kappa shape index (κ3) is 5.81. The van der Waals surface area contributed by atoms with Gasteiger partial charge in [0.2, 0.25) is 0 Å². The second-order valence-corrected chi connectivity index (χ2v) is 7.61. The lowest BCUT2D eigenvalue weighted by atomic mass is 10.1. The molecule has 0 atom stereocenters. The van der Waals surface area contributed by atoms with Crippen LogP contribution in [-0.2, 0) is 6.61 Å². The van der Waals surface area contributed by atoms with Crippen molar-refractivity contribution in [3.05, 3.63) is 107 Å². The summed E-state index contributed by atoms with van der Waals surface area (Å²) in [5.41, 5.74) is 3.92. The number of carbonyl (C=O) groups is 1. The molecular weight excluding hydrogens is 445 g/mol. The Hall–Kier alpha value is -4.70. The van der Waals surface area contributed by atoms with Crippen LogP contribution in [0.1, 0.15) is 34.0 Å². The first-order valence-electron chi connectivity index (χ1n) is 11.0. The van der Waals surface area contributed by atoms with Crippen LogP contribution in [0.25, 0.3) is 10.8 Å². The van der Waals surface area contributed by atoms with Crippen molar-refractivity contribution in [1.82, 2.24) is 5.43 Å². The summed E-state index contributed by atoms with van der Waals surface area (Å²) < 4.78 is 25.7. The Labute approximate surface area is 202 Å². The minimum absolute atomic E-state index is 0.133. The molecule has 0 radical (unpaired) electrons. The normalized spacial score (nSPS) is 10.8. The fourth-order valence-corrected chi connectivity index (χ4v) is 3.48. The Morgan fingerprint density at radius 2 is 1.83 bits per heavy atom. The van der Waals surface area contributed by atoms with E-state index in [1.165, 1.54) is 23.7 Å². The smallest absolute Gasteiger partial charge is 0.274 e. The van der Waals surface area contributed by atoms with E-state index in [9.17, 15) is 9.18 Å². The highest BCUT2D eigenvalue weighted by Gasteiger charge is 2.12. The lowest BCUT2D eigenvalue weighted by Gasteiger charge is -2.13. The van der Waals surface area contributed by atoms with Crippen molar-refractivity contribution < 1.29 is 18.7 Å². The fourth-order valence-electron chi connectivity index (χ4n) is 3.48. The Morgan fingerprint density at radius 1 is 1.00 bits per heavy atom. The SMILES string of the molecule is CCOc1cc(/C=N\NC(=O)c2ccc(C#N)cc2F)ccc1OCc1ccc2ccccc2c1. The topological polar surface area (TPSA) is 83.7 Å². The predicted octanol–water partition coefficient (Wildman–Crippen LogP) is 5.59. The number of hydrazone groups is 1. The Morgan fingerprint density at radius 3 is 2.60 bits per heavy atom. The van der Waals surface area contributed by atoms with Gasteiger partial charge in [-0.05, 0) is 71.3 Å². The number of nitrogens with one attached hydrogen (secondary N) is 1.